The highest BCUT2D eigenvalue weighted by Gasteiger charge is 2.20. The number of hydrogen-bond donors (Lipinski definition) is 1. The number of fused-ring (bicyclic) bond motifs is 1. The monoisotopic (exact) mass is 524 g/mol. The molecule has 2 fully saturated rings. The van der Waals surface area contributed by atoms with E-state index >= 15 is 0 Å². The van der Waals surface area contributed by atoms with Gasteiger partial charge < -0.3 is 15.4 Å². The van der Waals surface area contributed by atoms with Crippen LogP contribution in [0.25, 0.3) is 0 Å². The second kappa shape index (κ2) is 15.9. The molecule has 0 atom stereocenters. The van der Waals surface area contributed by atoms with Gasteiger partial charge in [-0.25, -0.2) is 9.97 Å². The van der Waals surface area contributed by atoms with Crippen molar-refractivity contribution in [2.45, 2.75) is 96.5 Å². The molecule has 5 nitrogen and oxygen atoms in total. The first-order valence-electron chi connectivity index (χ1n) is 14.3. The van der Waals surface area contributed by atoms with Crippen LogP contribution in [0.1, 0.15) is 85.4 Å². The van der Waals surface area contributed by atoms with Crippen LogP contribution < -0.4 is 10.5 Å². The molecule has 0 saturated heterocycles. The van der Waals surface area contributed by atoms with E-state index in [9.17, 15) is 0 Å². The number of allylic oxidation sites excluding steroid dienone is 1. The average Bonchev–Trinajstić information content (AvgIpc) is 3.52. The van der Waals surface area contributed by atoms with Gasteiger partial charge in [-0.1, -0.05) is 44.7 Å². The van der Waals surface area contributed by atoms with Gasteiger partial charge in [-0.3, -0.25) is 0 Å². The van der Waals surface area contributed by atoms with E-state index in [4.69, 9.17) is 15.5 Å². The van der Waals surface area contributed by atoms with Crippen molar-refractivity contribution in [3.63, 3.8) is 0 Å². The summed E-state index contributed by atoms with van der Waals surface area (Å²) in [4.78, 5) is 12.8. The number of thiazole rings is 1. The standard InChI is InChI=1S/C22H34N2O.C7H10N2S.C2H4/c1-2-6-18(7-3-1)12-15-24-16-13-19-10-11-22(23-21(19)14-17-24)25-20-8-4-5-9-20;1-5(8)3-7-4-9-6(2)10-7;1-2/h10-11,18,20H,1-9,12-17H2;4H,1,3,8H2,2H3;1-2H2. The highest BCUT2D eigenvalue weighted by Crippen LogP contribution is 2.27. The molecule has 2 aliphatic carbocycles. The van der Waals surface area contributed by atoms with E-state index < -0.39 is 0 Å². The third kappa shape index (κ3) is 10.2. The Morgan fingerprint density at radius 3 is 2.43 bits per heavy atom. The van der Waals surface area contributed by atoms with Gasteiger partial charge in [0.1, 0.15) is 6.10 Å². The minimum atomic E-state index is 0.406. The zero-order valence-electron chi connectivity index (χ0n) is 23.1. The summed E-state index contributed by atoms with van der Waals surface area (Å²) in [5, 5.41) is 1.08. The van der Waals surface area contributed by atoms with Crippen molar-refractivity contribution in [2.24, 2.45) is 11.7 Å². The van der Waals surface area contributed by atoms with Crippen LogP contribution in [0, 0.1) is 12.8 Å². The first-order valence-corrected chi connectivity index (χ1v) is 15.1. The molecule has 6 heteroatoms. The van der Waals surface area contributed by atoms with E-state index in [1.54, 1.807) is 11.3 Å². The summed E-state index contributed by atoms with van der Waals surface area (Å²) in [5.74, 6) is 1.85. The number of ether oxygens (including phenoxy) is 1. The molecule has 0 radical (unpaired) electrons. The summed E-state index contributed by atoms with van der Waals surface area (Å²) in [6, 6.07) is 4.38. The lowest BCUT2D eigenvalue weighted by molar-refractivity contribution is 0.200. The molecule has 0 aromatic carbocycles. The second-order valence-electron chi connectivity index (χ2n) is 10.6. The maximum atomic E-state index is 6.11. The number of nitrogens with two attached hydrogens (primary N) is 1. The molecule has 3 aliphatic rings. The summed E-state index contributed by atoms with van der Waals surface area (Å²) < 4.78 is 6.11. The summed E-state index contributed by atoms with van der Waals surface area (Å²) in [5.41, 5.74) is 8.85. The Labute approximate surface area is 229 Å². The average molecular weight is 525 g/mol. The zero-order chi connectivity index (χ0) is 26.5. The van der Waals surface area contributed by atoms with Gasteiger partial charge in [-0.05, 0) is 63.5 Å². The third-order valence-electron chi connectivity index (χ3n) is 7.64. The summed E-state index contributed by atoms with van der Waals surface area (Å²) in [6.07, 6.45) is 19.0. The van der Waals surface area contributed by atoms with E-state index in [0.29, 0.717) is 11.8 Å². The van der Waals surface area contributed by atoms with Gasteiger partial charge in [-0.15, -0.1) is 24.5 Å². The molecule has 0 spiro atoms. The minimum absolute atomic E-state index is 0.406. The van der Waals surface area contributed by atoms with Crippen LogP contribution in [-0.2, 0) is 19.3 Å². The summed E-state index contributed by atoms with van der Waals surface area (Å²) in [6.45, 7) is 15.2. The fourth-order valence-corrected chi connectivity index (χ4v) is 6.47. The fourth-order valence-electron chi connectivity index (χ4n) is 5.63. The Kier molecular flexibility index (Phi) is 12.6. The van der Waals surface area contributed by atoms with E-state index in [0.717, 1.165) is 36.1 Å². The van der Waals surface area contributed by atoms with Crippen LogP contribution in [0.5, 0.6) is 5.88 Å². The number of aromatic nitrogens is 2. The predicted molar refractivity (Wildman–Crippen MR) is 157 cm³/mol. The fraction of sp³-hybridized carbons (Fsp3) is 0.613. The van der Waals surface area contributed by atoms with E-state index in [2.05, 4.69) is 41.8 Å². The van der Waals surface area contributed by atoms with Gasteiger partial charge >= 0.3 is 0 Å². The van der Waals surface area contributed by atoms with Gasteiger partial charge in [0.2, 0.25) is 5.88 Å². The van der Waals surface area contributed by atoms with E-state index in [1.165, 1.54) is 100.0 Å². The maximum Gasteiger partial charge on any atom is 0.213 e. The van der Waals surface area contributed by atoms with Gasteiger partial charge in [0.25, 0.3) is 0 Å². The first-order chi connectivity index (χ1) is 18.0. The number of aryl methyl sites for hydroxylation is 1. The van der Waals surface area contributed by atoms with Crippen LogP contribution in [0.2, 0.25) is 0 Å². The van der Waals surface area contributed by atoms with E-state index in [-0.39, 0.29) is 0 Å². The van der Waals surface area contributed by atoms with Gasteiger partial charge in [0.05, 0.1) is 5.01 Å². The normalized spacial score (nSPS) is 18.5. The molecule has 5 rings (SSSR count). The summed E-state index contributed by atoms with van der Waals surface area (Å²) in [7, 11) is 0. The smallest absolute Gasteiger partial charge is 0.213 e. The number of pyridine rings is 1. The van der Waals surface area contributed by atoms with Crippen molar-refractivity contribution in [2.75, 3.05) is 19.6 Å². The van der Waals surface area contributed by atoms with Crippen molar-refractivity contribution < 1.29 is 4.74 Å². The predicted octanol–water partition coefficient (Wildman–Crippen LogP) is 7.04. The third-order valence-corrected chi connectivity index (χ3v) is 8.56. The number of rotatable bonds is 7. The Morgan fingerprint density at radius 1 is 1.05 bits per heavy atom. The minimum Gasteiger partial charge on any atom is -0.474 e. The number of nitrogens with zero attached hydrogens (tertiary/aromatic N) is 3. The van der Waals surface area contributed by atoms with Crippen molar-refractivity contribution >= 4 is 11.3 Å². The van der Waals surface area contributed by atoms with Gasteiger partial charge in [0, 0.05) is 54.5 Å². The lowest BCUT2D eigenvalue weighted by atomic mass is 9.87. The van der Waals surface area contributed by atoms with Crippen molar-refractivity contribution in [1.29, 1.82) is 0 Å². The Hall–Kier alpha value is -2.18. The van der Waals surface area contributed by atoms with Crippen LogP contribution in [0.4, 0.5) is 0 Å². The Bertz CT molecular complexity index is 946. The first kappa shape index (κ1) is 29.4. The molecular weight excluding hydrogens is 476 g/mol. The molecule has 204 valence electrons. The highest BCUT2D eigenvalue weighted by molar-refractivity contribution is 7.11. The lowest BCUT2D eigenvalue weighted by Crippen LogP contribution is -2.29. The molecule has 3 heterocycles. The van der Waals surface area contributed by atoms with Crippen LogP contribution >= 0.6 is 11.3 Å². The molecule has 2 aromatic heterocycles. The van der Waals surface area contributed by atoms with Crippen molar-refractivity contribution in [3.8, 4) is 5.88 Å². The SMILES string of the molecule is C=C.C=C(N)Cc1cnc(C)s1.c1cc2c(nc1OC1CCCC1)CCN(CCC1CCCCC1)CC2. The lowest BCUT2D eigenvalue weighted by Gasteiger charge is -2.26. The maximum absolute atomic E-state index is 6.11. The quantitative estimate of drug-likeness (QED) is 0.393. The zero-order valence-corrected chi connectivity index (χ0v) is 23.9. The largest absolute Gasteiger partial charge is 0.474 e. The molecule has 0 unspecified atom stereocenters. The Morgan fingerprint density at radius 2 is 1.76 bits per heavy atom. The second-order valence-corrected chi connectivity index (χ2v) is 11.9. The van der Waals surface area contributed by atoms with Crippen LogP contribution in [-0.4, -0.2) is 40.6 Å². The molecular formula is C31H48N4OS. The molecule has 0 bridgehead atoms. The Balaban J connectivity index is 0.000000266. The summed E-state index contributed by atoms with van der Waals surface area (Å²) >= 11 is 1.66. The van der Waals surface area contributed by atoms with Gasteiger partial charge in [0.15, 0.2) is 0 Å². The van der Waals surface area contributed by atoms with E-state index in [1.807, 2.05) is 13.1 Å². The molecule has 37 heavy (non-hydrogen) atoms. The molecule has 1 aliphatic heterocycles. The highest BCUT2D eigenvalue weighted by atomic mass is 32.1. The topological polar surface area (TPSA) is 64.3 Å². The molecule has 2 aromatic rings. The van der Waals surface area contributed by atoms with Crippen LogP contribution in [0.15, 0.2) is 43.8 Å². The van der Waals surface area contributed by atoms with Gasteiger partial charge in [-0.2, -0.15) is 0 Å². The van der Waals surface area contributed by atoms with Crippen molar-refractivity contribution in [3.05, 3.63) is 64.9 Å². The van der Waals surface area contributed by atoms with Crippen molar-refractivity contribution in [1.82, 2.24) is 14.9 Å². The molecule has 2 saturated carbocycles. The number of hydrogen-bond acceptors (Lipinski definition) is 6. The molecule has 0 amide bonds. The molecule has 2 N–H and O–H groups in total. The van der Waals surface area contributed by atoms with Crippen LogP contribution in [0.3, 0.4) is 0 Å².